The summed E-state index contributed by atoms with van der Waals surface area (Å²) in [6.45, 7) is 6.99. The lowest BCUT2D eigenvalue weighted by molar-refractivity contribution is 0.0697. The van der Waals surface area contributed by atoms with Crippen molar-refractivity contribution in [1.82, 2.24) is 15.3 Å². The average molecular weight is 507 g/mol. The monoisotopic (exact) mass is 506 g/mol. The first-order chi connectivity index (χ1) is 17.4. The van der Waals surface area contributed by atoms with Crippen molar-refractivity contribution in [3.05, 3.63) is 76.6 Å². The van der Waals surface area contributed by atoms with Gasteiger partial charge in [0.05, 0.1) is 17.7 Å². The highest BCUT2D eigenvalue weighted by Crippen LogP contribution is 2.29. The lowest BCUT2D eigenvalue weighted by Crippen LogP contribution is -2.23. The second-order valence-corrected chi connectivity index (χ2v) is 9.41. The maximum atomic E-state index is 11.4. The van der Waals surface area contributed by atoms with Gasteiger partial charge >= 0.3 is 5.97 Å². The smallest absolute Gasteiger partial charge is 0.335 e. The molecule has 2 aromatic heterocycles. The van der Waals surface area contributed by atoms with E-state index in [4.69, 9.17) is 21.3 Å². The third-order valence-corrected chi connectivity index (χ3v) is 6.46. The van der Waals surface area contributed by atoms with Gasteiger partial charge in [0, 0.05) is 52.8 Å². The number of pyridine rings is 2. The van der Waals surface area contributed by atoms with Crippen LogP contribution >= 0.6 is 11.6 Å². The van der Waals surface area contributed by atoms with Crippen molar-refractivity contribution >= 4 is 45.1 Å². The number of carboxylic acid groups (broad SMARTS) is 1. The van der Waals surface area contributed by atoms with Crippen LogP contribution in [0, 0.1) is 6.92 Å². The number of halogens is 1. The Hall–Kier alpha value is -3.26. The number of hydrogen-bond acceptors (Lipinski definition) is 6. The molecule has 0 unspecified atom stereocenters. The maximum absolute atomic E-state index is 11.4. The summed E-state index contributed by atoms with van der Waals surface area (Å²) in [7, 11) is 0. The minimum Gasteiger partial charge on any atom is -0.478 e. The first-order valence-electron chi connectivity index (χ1n) is 12.1. The highest BCUT2D eigenvalue weighted by Gasteiger charge is 2.13. The quantitative estimate of drug-likeness (QED) is 0.164. The molecular weight excluding hydrogens is 476 g/mol. The van der Waals surface area contributed by atoms with E-state index in [1.807, 2.05) is 32.0 Å². The van der Waals surface area contributed by atoms with Crippen LogP contribution in [0.3, 0.4) is 0 Å². The van der Waals surface area contributed by atoms with E-state index in [0.29, 0.717) is 24.5 Å². The van der Waals surface area contributed by atoms with Gasteiger partial charge in [0.15, 0.2) is 0 Å². The molecular formula is C28H31ClN4O3. The van der Waals surface area contributed by atoms with Crippen LogP contribution in [0.4, 0.5) is 5.82 Å². The van der Waals surface area contributed by atoms with E-state index in [2.05, 4.69) is 21.7 Å². The zero-order valence-electron chi connectivity index (χ0n) is 20.6. The number of aryl methyl sites for hydroxylation is 1. The van der Waals surface area contributed by atoms with Gasteiger partial charge < -0.3 is 20.5 Å². The Morgan fingerprint density at radius 2 is 1.97 bits per heavy atom. The molecule has 0 aliphatic rings. The number of aromatic nitrogens is 2. The second kappa shape index (κ2) is 12.1. The molecule has 8 heteroatoms. The second-order valence-electron chi connectivity index (χ2n) is 9.01. The van der Waals surface area contributed by atoms with Crippen LogP contribution in [0.5, 0.6) is 0 Å². The number of hydrogen-bond donors (Lipinski definition) is 3. The first-order valence-corrected chi connectivity index (χ1v) is 12.5. The summed E-state index contributed by atoms with van der Waals surface area (Å²) in [5.41, 5.74) is 3.10. The van der Waals surface area contributed by atoms with Crippen molar-refractivity contribution in [3.8, 4) is 0 Å². The van der Waals surface area contributed by atoms with Crippen LogP contribution in [0.25, 0.3) is 21.7 Å². The molecule has 188 valence electrons. The number of anilines is 1. The van der Waals surface area contributed by atoms with Crippen molar-refractivity contribution in [2.24, 2.45) is 0 Å². The predicted octanol–water partition coefficient (Wildman–Crippen LogP) is 5.83. The summed E-state index contributed by atoms with van der Waals surface area (Å²) in [4.78, 5) is 20.4. The summed E-state index contributed by atoms with van der Waals surface area (Å²) >= 11 is 6.18. The molecule has 4 aromatic rings. The van der Waals surface area contributed by atoms with Gasteiger partial charge in [0.1, 0.15) is 5.82 Å². The number of fused-ring (bicyclic) bond motifs is 3. The van der Waals surface area contributed by atoms with E-state index >= 15 is 0 Å². The van der Waals surface area contributed by atoms with Gasteiger partial charge in [0.2, 0.25) is 0 Å². The molecule has 4 rings (SSSR count). The van der Waals surface area contributed by atoms with Crippen LogP contribution in [-0.2, 0) is 11.3 Å². The molecule has 0 aliphatic heterocycles. The van der Waals surface area contributed by atoms with Crippen LogP contribution in [0.15, 0.2) is 54.9 Å². The average Bonchev–Trinajstić information content (AvgIpc) is 2.87. The molecule has 0 aliphatic carbocycles. The van der Waals surface area contributed by atoms with E-state index in [1.165, 1.54) is 5.56 Å². The number of carbonyl (C=O) groups is 1. The molecule has 0 fully saturated rings. The van der Waals surface area contributed by atoms with Crippen molar-refractivity contribution in [1.29, 1.82) is 0 Å². The van der Waals surface area contributed by atoms with Crippen molar-refractivity contribution < 1.29 is 14.6 Å². The number of unbranched alkanes of at least 4 members (excludes halogenated alkanes) is 1. The molecule has 3 N–H and O–H groups in total. The van der Waals surface area contributed by atoms with E-state index in [9.17, 15) is 9.90 Å². The van der Waals surface area contributed by atoms with Gasteiger partial charge in [-0.1, -0.05) is 29.8 Å². The number of aromatic carboxylic acids is 1. The number of benzene rings is 2. The standard InChI is InChI=1S/C28H31ClN4O3/c1-18-5-6-20(13-25(18)29)15-30-10-3-4-12-36-17-19(2)32-27-23-9-11-31-16-24(23)22-8-7-21(28(34)35)14-26(22)33-27/h5-9,11,13-14,16,19,30H,3-4,10,12,15,17H2,1-2H3,(H,32,33)(H,34,35)/t19-/m0/s1. The van der Waals surface area contributed by atoms with Gasteiger partial charge in [-0.15, -0.1) is 0 Å². The fourth-order valence-corrected chi connectivity index (χ4v) is 4.26. The van der Waals surface area contributed by atoms with Crippen molar-refractivity contribution in [3.63, 3.8) is 0 Å². The fourth-order valence-electron chi connectivity index (χ4n) is 4.06. The molecule has 1 atom stereocenters. The molecule has 2 aromatic carbocycles. The molecule has 0 spiro atoms. The van der Waals surface area contributed by atoms with Gasteiger partial charge in [-0.25, -0.2) is 9.78 Å². The summed E-state index contributed by atoms with van der Waals surface area (Å²) in [6, 6.07) is 13.1. The minimum absolute atomic E-state index is 0.0263. The lowest BCUT2D eigenvalue weighted by atomic mass is 10.1. The Balaban J connectivity index is 1.25. The summed E-state index contributed by atoms with van der Waals surface area (Å²) in [5, 5.41) is 19.8. The van der Waals surface area contributed by atoms with Gasteiger partial charge in [-0.05, 0) is 68.6 Å². The number of nitrogens with zero attached hydrogens (tertiary/aromatic N) is 2. The summed E-state index contributed by atoms with van der Waals surface area (Å²) in [6.07, 6.45) is 5.51. The maximum Gasteiger partial charge on any atom is 0.335 e. The third kappa shape index (κ3) is 6.49. The Bertz CT molecular complexity index is 1360. The van der Waals surface area contributed by atoms with E-state index in [0.717, 1.165) is 52.7 Å². The summed E-state index contributed by atoms with van der Waals surface area (Å²) < 4.78 is 5.89. The van der Waals surface area contributed by atoms with E-state index in [-0.39, 0.29) is 11.6 Å². The molecule has 2 heterocycles. The van der Waals surface area contributed by atoms with E-state index < -0.39 is 5.97 Å². The Morgan fingerprint density at radius 1 is 1.11 bits per heavy atom. The Morgan fingerprint density at radius 3 is 2.78 bits per heavy atom. The molecule has 7 nitrogen and oxygen atoms in total. The number of carboxylic acids is 1. The van der Waals surface area contributed by atoms with Crippen LogP contribution in [0.2, 0.25) is 5.02 Å². The molecule has 0 saturated heterocycles. The number of nitrogens with one attached hydrogen (secondary N) is 2. The van der Waals surface area contributed by atoms with Crippen molar-refractivity contribution in [2.75, 3.05) is 25.1 Å². The van der Waals surface area contributed by atoms with Crippen LogP contribution < -0.4 is 10.6 Å². The summed E-state index contributed by atoms with van der Waals surface area (Å²) in [5.74, 6) is -0.282. The number of rotatable bonds is 12. The molecule has 0 amide bonds. The Labute approximate surface area is 215 Å². The molecule has 0 bridgehead atoms. The highest BCUT2D eigenvalue weighted by atomic mass is 35.5. The van der Waals surface area contributed by atoms with Gasteiger partial charge in [0.25, 0.3) is 0 Å². The van der Waals surface area contributed by atoms with E-state index in [1.54, 1.807) is 30.6 Å². The van der Waals surface area contributed by atoms with Crippen LogP contribution in [0.1, 0.15) is 41.3 Å². The largest absolute Gasteiger partial charge is 0.478 e. The highest BCUT2D eigenvalue weighted by molar-refractivity contribution is 6.31. The normalized spacial score (nSPS) is 12.2. The molecule has 0 saturated carbocycles. The molecule has 36 heavy (non-hydrogen) atoms. The van der Waals surface area contributed by atoms with Gasteiger partial charge in [-0.3, -0.25) is 4.98 Å². The lowest BCUT2D eigenvalue weighted by Gasteiger charge is -2.17. The number of ether oxygens (including phenoxy) is 1. The molecule has 0 radical (unpaired) electrons. The Kier molecular flexibility index (Phi) is 8.70. The first kappa shape index (κ1) is 25.8. The van der Waals surface area contributed by atoms with Crippen molar-refractivity contribution in [2.45, 2.75) is 39.3 Å². The third-order valence-electron chi connectivity index (χ3n) is 6.05. The zero-order chi connectivity index (χ0) is 25.5. The fraction of sp³-hybridized carbons (Fsp3) is 0.321. The minimum atomic E-state index is -0.976. The zero-order valence-corrected chi connectivity index (χ0v) is 21.3. The SMILES string of the molecule is Cc1ccc(CNCCCCOC[C@H](C)Nc2nc3cc(C(=O)O)ccc3c3cnccc23)cc1Cl. The van der Waals surface area contributed by atoms with Crippen LogP contribution in [-0.4, -0.2) is 46.8 Å². The predicted molar refractivity (Wildman–Crippen MR) is 145 cm³/mol. The van der Waals surface area contributed by atoms with Gasteiger partial charge in [-0.2, -0.15) is 0 Å². The topological polar surface area (TPSA) is 96.4 Å².